The largest absolute Gasteiger partial charge is 0.496 e. The molecule has 0 unspecified atom stereocenters. The number of para-hydroxylation sites is 1. The Kier molecular flexibility index (Phi) is 2.77. The maximum atomic E-state index is 5.29. The van der Waals surface area contributed by atoms with Crippen LogP contribution in [0.2, 0.25) is 0 Å². The summed E-state index contributed by atoms with van der Waals surface area (Å²) in [6, 6.07) is 7.83. The van der Waals surface area contributed by atoms with Gasteiger partial charge in [0.15, 0.2) is 0 Å². The van der Waals surface area contributed by atoms with Gasteiger partial charge in [-0.3, -0.25) is 0 Å². The summed E-state index contributed by atoms with van der Waals surface area (Å²) in [6.45, 7) is 0. The number of hydrogen-bond donors (Lipinski definition) is 0. The highest BCUT2D eigenvalue weighted by atomic mass is 79.9. The van der Waals surface area contributed by atoms with Gasteiger partial charge in [0.1, 0.15) is 16.0 Å². The van der Waals surface area contributed by atoms with Crippen LogP contribution in [0.4, 0.5) is 0 Å². The third kappa shape index (κ3) is 1.77. The zero-order chi connectivity index (χ0) is 10.8. The van der Waals surface area contributed by atoms with E-state index >= 15 is 0 Å². The molecule has 2 aromatic rings. The molecule has 0 N–H and O–H groups in total. The van der Waals surface area contributed by atoms with Gasteiger partial charge in [-0.15, -0.1) is 0 Å². The molecule has 4 heteroatoms. The number of aromatic nitrogens is 2. The van der Waals surface area contributed by atoms with Crippen molar-refractivity contribution in [1.29, 1.82) is 0 Å². The molecule has 0 bridgehead atoms. The minimum Gasteiger partial charge on any atom is -0.496 e. The maximum Gasteiger partial charge on any atom is 0.128 e. The van der Waals surface area contributed by atoms with Gasteiger partial charge in [-0.25, -0.2) is 4.98 Å². The predicted molar refractivity (Wildman–Crippen MR) is 62.9 cm³/mol. The molecule has 1 aromatic heterocycles. The lowest BCUT2D eigenvalue weighted by atomic mass is 10.1. The maximum absolute atomic E-state index is 5.29. The Bertz CT molecular complexity index is 479. The standard InChI is InChI=1S/C11H11BrN2O/c1-14-7-13-10(11(14)12)8-5-3-4-6-9(8)15-2/h3-7H,1-2H3. The summed E-state index contributed by atoms with van der Waals surface area (Å²) < 4.78 is 8.16. The monoisotopic (exact) mass is 266 g/mol. The number of rotatable bonds is 2. The minimum atomic E-state index is 0.830. The highest BCUT2D eigenvalue weighted by Crippen LogP contribution is 2.32. The van der Waals surface area contributed by atoms with E-state index in [1.54, 1.807) is 13.4 Å². The smallest absolute Gasteiger partial charge is 0.128 e. The molecule has 0 aliphatic heterocycles. The Morgan fingerprint density at radius 3 is 2.67 bits per heavy atom. The van der Waals surface area contributed by atoms with E-state index in [-0.39, 0.29) is 0 Å². The summed E-state index contributed by atoms with van der Waals surface area (Å²) in [4.78, 5) is 4.33. The lowest BCUT2D eigenvalue weighted by Crippen LogP contribution is -1.89. The highest BCUT2D eigenvalue weighted by Gasteiger charge is 2.12. The molecule has 2 rings (SSSR count). The van der Waals surface area contributed by atoms with Crippen LogP contribution in [0.25, 0.3) is 11.3 Å². The number of benzene rings is 1. The summed E-state index contributed by atoms with van der Waals surface area (Å²) in [5, 5.41) is 0. The first kappa shape index (κ1) is 10.2. The Morgan fingerprint density at radius 2 is 2.07 bits per heavy atom. The van der Waals surface area contributed by atoms with E-state index in [1.807, 2.05) is 35.9 Å². The molecule has 0 aliphatic rings. The van der Waals surface area contributed by atoms with E-state index in [1.165, 1.54) is 0 Å². The molecule has 78 valence electrons. The summed E-state index contributed by atoms with van der Waals surface area (Å²) in [7, 11) is 3.60. The lowest BCUT2D eigenvalue weighted by molar-refractivity contribution is 0.416. The first-order valence-electron chi connectivity index (χ1n) is 4.54. The van der Waals surface area contributed by atoms with Crippen LogP contribution in [0.5, 0.6) is 5.75 Å². The van der Waals surface area contributed by atoms with Gasteiger partial charge < -0.3 is 9.30 Å². The molecule has 0 saturated heterocycles. The second kappa shape index (κ2) is 4.06. The van der Waals surface area contributed by atoms with E-state index < -0.39 is 0 Å². The van der Waals surface area contributed by atoms with Gasteiger partial charge in [-0.1, -0.05) is 12.1 Å². The van der Waals surface area contributed by atoms with Crippen molar-refractivity contribution in [3.05, 3.63) is 35.2 Å². The van der Waals surface area contributed by atoms with Gasteiger partial charge in [0.05, 0.1) is 13.4 Å². The van der Waals surface area contributed by atoms with Crippen LogP contribution in [-0.2, 0) is 7.05 Å². The Balaban J connectivity index is 2.58. The van der Waals surface area contributed by atoms with Crippen LogP contribution < -0.4 is 4.74 Å². The quantitative estimate of drug-likeness (QED) is 0.836. The van der Waals surface area contributed by atoms with Gasteiger partial charge >= 0.3 is 0 Å². The molecular weight excluding hydrogens is 256 g/mol. The molecule has 1 aromatic carbocycles. The summed E-state index contributed by atoms with van der Waals surface area (Å²) in [5.74, 6) is 0.830. The molecule has 0 atom stereocenters. The highest BCUT2D eigenvalue weighted by molar-refractivity contribution is 9.10. The van der Waals surface area contributed by atoms with Crippen LogP contribution in [0.1, 0.15) is 0 Å². The van der Waals surface area contributed by atoms with E-state index in [4.69, 9.17) is 4.74 Å². The third-order valence-corrected chi connectivity index (χ3v) is 3.16. The van der Waals surface area contributed by atoms with E-state index in [0.717, 1.165) is 21.6 Å². The van der Waals surface area contributed by atoms with Crippen LogP contribution in [0.15, 0.2) is 35.2 Å². The van der Waals surface area contributed by atoms with Crippen molar-refractivity contribution in [3.8, 4) is 17.0 Å². The second-order valence-electron chi connectivity index (χ2n) is 3.20. The average Bonchev–Trinajstić information content (AvgIpc) is 2.60. The zero-order valence-corrected chi connectivity index (χ0v) is 10.2. The molecule has 3 nitrogen and oxygen atoms in total. The van der Waals surface area contributed by atoms with Crippen molar-refractivity contribution in [2.75, 3.05) is 7.11 Å². The summed E-state index contributed by atoms with van der Waals surface area (Å²) >= 11 is 3.50. The molecule has 0 saturated carbocycles. The molecule has 0 spiro atoms. The molecule has 0 amide bonds. The van der Waals surface area contributed by atoms with Crippen molar-refractivity contribution in [2.45, 2.75) is 0 Å². The summed E-state index contributed by atoms with van der Waals surface area (Å²) in [5.41, 5.74) is 1.89. The van der Waals surface area contributed by atoms with Crippen LogP contribution in [0, 0.1) is 0 Å². The number of ether oxygens (including phenoxy) is 1. The SMILES string of the molecule is COc1ccccc1-c1ncn(C)c1Br. The number of imidazole rings is 1. The van der Waals surface area contributed by atoms with Crippen molar-refractivity contribution >= 4 is 15.9 Å². The van der Waals surface area contributed by atoms with Gasteiger partial charge in [0, 0.05) is 12.6 Å². The van der Waals surface area contributed by atoms with Crippen LogP contribution in [-0.4, -0.2) is 16.7 Å². The number of aryl methyl sites for hydroxylation is 1. The molecule has 1 heterocycles. The number of methoxy groups -OCH3 is 1. The average molecular weight is 267 g/mol. The van der Waals surface area contributed by atoms with Gasteiger partial charge in [-0.2, -0.15) is 0 Å². The fourth-order valence-electron chi connectivity index (χ4n) is 1.44. The first-order chi connectivity index (χ1) is 7.24. The van der Waals surface area contributed by atoms with E-state index in [2.05, 4.69) is 20.9 Å². The van der Waals surface area contributed by atoms with Crippen molar-refractivity contribution in [1.82, 2.24) is 9.55 Å². The predicted octanol–water partition coefficient (Wildman–Crippen LogP) is 2.86. The molecule has 0 radical (unpaired) electrons. The van der Waals surface area contributed by atoms with E-state index in [0.29, 0.717) is 0 Å². The van der Waals surface area contributed by atoms with Gasteiger partial charge in [-0.05, 0) is 28.1 Å². The third-order valence-electron chi connectivity index (χ3n) is 2.23. The normalized spacial score (nSPS) is 10.3. The van der Waals surface area contributed by atoms with Crippen molar-refractivity contribution in [2.24, 2.45) is 7.05 Å². The molecule has 0 aliphatic carbocycles. The van der Waals surface area contributed by atoms with Crippen molar-refractivity contribution < 1.29 is 4.74 Å². The van der Waals surface area contributed by atoms with Crippen LogP contribution >= 0.6 is 15.9 Å². The fourth-order valence-corrected chi connectivity index (χ4v) is 1.84. The van der Waals surface area contributed by atoms with Crippen molar-refractivity contribution in [3.63, 3.8) is 0 Å². The Hall–Kier alpha value is -1.29. The Labute approximate surface area is 96.8 Å². The fraction of sp³-hybridized carbons (Fsp3) is 0.182. The van der Waals surface area contributed by atoms with E-state index in [9.17, 15) is 0 Å². The number of halogens is 1. The summed E-state index contributed by atoms with van der Waals surface area (Å²) in [6.07, 6.45) is 1.77. The Morgan fingerprint density at radius 1 is 1.33 bits per heavy atom. The number of hydrogen-bond acceptors (Lipinski definition) is 2. The van der Waals surface area contributed by atoms with Gasteiger partial charge in [0.2, 0.25) is 0 Å². The van der Waals surface area contributed by atoms with Gasteiger partial charge in [0.25, 0.3) is 0 Å². The molecule has 15 heavy (non-hydrogen) atoms. The number of nitrogens with zero attached hydrogens (tertiary/aromatic N) is 2. The first-order valence-corrected chi connectivity index (χ1v) is 5.33. The van der Waals surface area contributed by atoms with Crippen LogP contribution in [0.3, 0.4) is 0 Å². The topological polar surface area (TPSA) is 27.1 Å². The lowest BCUT2D eigenvalue weighted by Gasteiger charge is -2.06. The second-order valence-corrected chi connectivity index (χ2v) is 3.95. The molecular formula is C11H11BrN2O. The zero-order valence-electron chi connectivity index (χ0n) is 8.57. The minimum absolute atomic E-state index is 0.830. The molecule has 0 fully saturated rings.